The highest BCUT2D eigenvalue weighted by Gasteiger charge is 2.12. The number of halogens is 3. The molecule has 6 heteroatoms. The van der Waals surface area contributed by atoms with Crippen LogP contribution in [0.1, 0.15) is 16.5 Å². The molecule has 0 amide bonds. The summed E-state index contributed by atoms with van der Waals surface area (Å²) in [5.74, 6) is 0. The first-order valence-electron chi connectivity index (χ1n) is 6.14. The van der Waals surface area contributed by atoms with Gasteiger partial charge in [-0.15, -0.1) is 11.3 Å². The zero-order valence-electron chi connectivity index (χ0n) is 10.6. The Morgan fingerprint density at radius 2 is 1.85 bits per heavy atom. The third-order valence-corrected chi connectivity index (χ3v) is 5.05. The quantitative estimate of drug-likeness (QED) is 0.748. The van der Waals surface area contributed by atoms with Gasteiger partial charge in [-0.1, -0.05) is 46.9 Å². The Hall–Kier alpha value is -0.290. The zero-order valence-corrected chi connectivity index (χ0v) is 13.7. The first kappa shape index (κ1) is 16.1. The van der Waals surface area contributed by atoms with E-state index in [4.69, 9.17) is 34.8 Å². The lowest BCUT2D eigenvalue weighted by atomic mass is 10.1. The van der Waals surface area contributed by atoms with Crippen molar-refractivity contribution in [2.24, 2.45) is 0 Å². The average molecular weight is 351 g/mol. The van der Waals surface area contributed by atoms with Crippen molar-refractivity contribution >= 4 is 46.1 Å². The molecule has 2 rings (SSSR count). The van der Waals surface area contributed by atoms with Crippen LogP contribution in [0.3, 0.4) is 0 Å². The van der Waals surface area contributed by atoms with E-state index in [-0.39, 0.29) is 0 Å². The van der Waals surface area contributed by atoms with Crippen LogP contribution in [-0.4, -0.2) is 18.2 Å². The molecule has 1 unspecified atom stereocenters. The SMILES string of the molecule is OC(CNCCc1ccc(Cl)cc1)c1cc(Cl)c(Cl)s1. The molecule has 0 fully saturated rings. The molecule has 1 atom stereocenters. The van der Waals surface area contributed by atoms with Gasteiger partial charge in [0.15, 0.2) is 0 Å². The van der Waals surface area contributed by atoms with Crippen LogP contribution < -0.4 is 5.32 Å². The molecular formula is C14H14Cl3NOS. The van der Waals surface area contributed by atoms with Crippen molar-refractivity contribution in [3.05, 3.63) is 55.2 Å². The molecule has 0 bridgehead atoms. The van der Waals surface area contributed by atoms with Crippen LogP contribution in [-0.2, 0) is 6.42 Å². The second kappa shape index (κ2) is 7.64. The van der Waals surface area contributed by atoms with Gasteiger partial charge >= 0.3 is 0 Å². The summed E-state index contributed by atoms with van der Waals surface area (Å²) in [7, 11) is 0. The number of rotatable bonds is 6. The summed E-state index contributed by atoms with van der Waals surface area (Å²) in [5.41, 5.74) is 1.21. The molecule has 2 N–H and O–H groups in total. The van der Waals surface area contributed by atoms with E-state index in [0.717, 1.165) is 22.9 Å². The number of aliphatic hydroxyl groups is 1. The summed E-state index contributed by atoms with van der Waals surface area (Å²) >= 11 is 18.9. The minimum Gasteiger partial charge on any atom is -0.386 e. The van der Waals surface area contributed by atoms with Gasteiger partial charge in [-0.3, -0.25) is 0 Å². The van der Waals surface area contributed by atoms with Gasteiger partial charge in [0.05, 0.1) is 5.02 Å². The van der Waals surface area contributed by atoms with E-state index in [1.54, 1.807) is 6.07 Å². The van der Waals surface area contributed by atoms with Gasteiger partial charge in [0, 0.05) is 16.4 Å². The van der Waals surface area contributed by atoms with Crippen molar-refractivity contribution in [3.8, 4) is 0 Å². The highest BCUT2D eigenvalue weighted by Crippen LogP contribution is 2.34. The van der Waals surface area contributed by atoms with E-state index in [9.17, 15) is 5.11 Å². The molecule has 0 aliphatic heterocycles. The van der Waals surface area contributed by atoms with Gasteiger partial charge in [-0.25, -0.2) is 0 Å². The highest BCUT2D eigenvalue weighted by atomic mass is 35.5. The minimum absolute atomic E-state index is 0.473. The van der Waals surface area contributed by atoms with E-state index in [1.165, 1.54) is 16.9 Å². The monoisotopic (exact) mass is 349 g/mol. The van der Waals surface area contributed by atoms with Crippen molar-refractivity contribution in [1.29, 1.82) is 0 Å². The summed E-state index contributed by atoms with van der Waals surface area (Å²) < 4.78 is 0.516. The summed E-state index contributed by atoms with van der Waals surface area (Å²) in [6.45, 7) is 1.26. The van der Waals surface area contributed by atoms with E-state index < -0.39 is 6.10 Å². The van der Waals surface area contributed by atoms with Crippen molar-refractivity contribution in [1.82, 2.24) is 5.32 Å². The van der Waals surface area contributed by atoms with Crippen LogP contribution in [0.15, 0.2) is 30.3 Å². The smallest absolute Gasteiger partial charge is 0.112 e. The fourth-order valence-corrected chi connectivity index (χ4v) is 3.26. The number of benzene rings is 1. The Morgan fingerprint density at radius 1 is 1.15 bits per heavy atom. The maximum atomic E-state index is 10.0. The molecular weight excluding hydrogens is 337 g/mol. The van der Waals surface area contributed by atoms with Crippen molar-refractivity contribution in [3.63, 3.8) is 0 Å². The van der Waals surface area contributed by atoms with Crippen LogP contribution in [0.4, 0.5) is 0 Å². The standard InChI is InChI=1S/C14H14Cl3NOS/c15-10-3-1-9(2-4-10)5-6-18-8-12(19)13-7-11(16)14(17)20-13/h1-4,7,12,18-19H,5-6,8H2. The van der Waals surface area contributed by atoms with E-state index in [2.05, 4.69) is 5.32 Å². The number of nitrogens with one attached hydrogen (secondary N) is 1. The lowest BCUT2D eigenvalue weighted by molar-refractivity contribution is 0.179. The van der Waals surface area contributed by atoms with Crippen LogP contribution in [0.5, 0.6) is 0 Å². The molecule has 1 aromatic heterocycles. The molecule has 2 nitrogen and oxygen atoms in total. The number of hydrogen-bond acceptors (Lipinski definition) is 3. The van der Waals surface area contributed by atoms with Gasteiger partial charge in [-0.2, -0.15) is 0 Å². The van der Waals surface area contributed by atoms with Gasteiger partial charge in [0.1, 0.15) is 10.4 Å². The Labute approximate surface area is 137 Å². The van der Waals surface area contributed by atoms with Crippen LogP contribution in [0.2, 0.25) is 14.4 Å². The minimum atomic E-state index is -0.588. The van der Waals surface area contributed by atoms with E-state index >= 15 is 0 Å². The summed E-state index contributed by atoms with van der Waals surface area (Å²) in [5, 5.41) is 14.4. The van der Waals surface area contributed by atoms with Gasteiger partial charge in [0.25, 0.3) is 0 Å². The third kappa shape index (κ3) is 4.62. The Balaban J connectivity index is 1.74. The summed E-state index contributed by atoms with van der Waals surface area (Å²) in [6.07, 6.45) is 0.297. The first-order valence-corrected chi connectivity index (χ1v) is 8.09. The fraction of sp³-hybridized carbons (Fsp3) is 0.286. The van der Waals surface area contributed by atoms with E-state index in [0.29, 0.717) is 15.9 Å². The molecule has 0 spiro atoms. The van der Waals surface area contributed by atoms with Crippen molar-refractivity contribution < 1.29 is 5.11 Å². The fourth-order valence-electron chi connectivity index (χ4n) is 1.75. The Morgan fingerprint density at radius 3 is 2.45 bits per heavy atom. The molecule has 108 valence electrons. The second-order valence-electron chi connectivity index (χ2n) is 4.37. The number of thiophene rings is 1. The van der Waals surface area contributed by atoms with Gasteiger partial charge in [-0.05, 0) is 36.7 Å². The maximum absolute atomic E-state index is 10.0. The maximum Gasteiger partial charge on any atom is 0.112 e. The topological polar surface area (TPSA) is 32.3 Å². The molecule has 0 radical (unpaired) electrons. The van der Waals surface area contributed by atoms with Crippen LogP contribution >= 0.6 is 46.1 Å². The summed E-state index contributed by atoms with van der Waals surface area (Å²) in [4.78, 5) is 0.777. The molecule has 0 saturated heterocycles. The molecule has 1 heterocycles. The second-order valence-corrected chi connectivity index (χ2v) is 6.90. The Kier molecular flexibility index (Phi) is 6.15. The lowest BCUT2D eigenvalue weighted by Gasteiger charge is -2.10. The first-order chi connectivity index (χ1) is 9.56. The van der Waals surface area contributed by atoms with Gasteiger partial charge < -0.3 is 10.4 Å². The van der Waals surface area contributed by atoms with E-state index in [1.807, 2.05) is 24.3 Å². The van der Waals surface area contributed by atoms with Crippen LogP contribution in [0.25, 0.3) is 0 Å². The molecule has 1 aromatic carbocycles. The largest absolute Gasteiger partial charge is 0.386 e. The van der Waals surface area contributed by atoms with Gasteiger partial charge in [0.2, 0.25) is 0 Å². The molecule has 0 aliphatic rings. The molecule has 2 aromatic rings. The predicted molar refractivity (Wildman–Crippen MR) is 87.3 cm³/mol. The predicted octanol–water partition coefficient (Wildman–Crippen LogP) is 4.57. The highest BCUT2D eigenvalue weighted by molar-refractivity contribution is 7.17. The number of aliphatic hydroxyl groups excluding tert-OH is 1. The average Bonchev–Trinajstić information content (AvgIpc) is 2.77. The Bertz CT molecular complexity index is 537. The molecule has 0 saturated carbocycles. The zero-order chi connectivity index (χ0) is 14.5. The van der Waals surface area contributed by atoms with Crippen molar-refractivity contribution in [2.45, 2.75) is 12.5 Å². The van der Waals surface area contributed by atoms with Crippen LogP contribution in [0, 0.1) is 0 Å². The number of hydrogen-bond donors (Lipinski definition) is 2. The lowest BCUT2D eigenvalue weighted by Crippen LogP contribution is -2.23. The molecule has 0 aliphatic carbocycles. The normalized spacial score (nSPS) is 12.6. The molecule has 20 heavy (non-hydrogen) atoms. The third-order valence-electron chi connectivity index (χ3n) is 2.83. The summed E-state index contributed by atoms with van der Waals surface area (Å²) in [6, 6.07) is 9.46. The van der Waals surface area contributed by atoms with Crippen molar-refractivity contribution in [2.75, 3.05) is 13.1 Å².